The normalized spacial score (nSPS) is 13.8. The fourth-order valence-electron chi connectivity index (χ4n) is 6.81. The Hall–Kier alpha value is -1.17. The maximum Gasteiger partial charge on any atom is 0.249 e. The van der Waals surface area contributed by atoms with Crippen molar-refractivity contribution < 1.29 is 20.1 Å². The lowest BCUT2D eigenvalue weighted by molar-refractivity contribution is -0.131. The van der Waals surface area contributed by atoms with Gasteiger partial charge in [-0.1, -0.05) is 212 Å². The first kappa shape index (κ1) is 48.8. The number of carbonyl (C=O) groups excluding carboxylic acids is 1. The van der Waals surface area contributed by atoms with Crippen molar-refractivity contribution in [1.29, 1.82) is 0 Å². The van der Waals surface area contributed by atoms with Crippen molar-refractivity contribution >= 4 is 5.91 Å². The summed E-state index contributed by atoms with van der Waals surface area (Å²) in [6.45, 7) is 4.22. The number of unbranched alkanes of at least 4 members (excludes halogenated alkanes) is 28. The van der Waals surface area contributed by atoms with Gasteiger partial charge in [-0.3, -0.25) is 4.79 Å². The molecule has 0 rings (SSSR count). The third-order valence-electron chi connectivity index (χ3n) is 10.3. The summed E-state index contributed by atoms with van der Waals surface area (Å²) in [5, 5.41) is 33.2. The number of nitrogens with one attached hydrogen (secondary N) is 1. The van der Waals surface area contributed by atoms with Crippen molar-refractivity contribution in [3.63, 3.8) is 0 Å². The number of aliphatic hydroxyl groups excluding tert-OH is 3. The Bertz CT molecular complexity index is 739. The van der Waals surface area contributed by atoms with Gasteiger partial charge in [-0.05, 0) is 44.9 Å². The largest absolute Gasteiger partial charge is 0.394 e. The first-order chi connectivity index (χ1) is 24.6. The van der Waals surface area contributed by atoms with Crippen LogP contribution in [0.25, 0.3) is 0 Å². The summed E-state index contributed by atoms with van der Waals surface area (Å²) in [6, 6.07) is -0.712. The van der Waals surface area contributed by atoms with Crippen LogP contribution < -0.4 is 5.32 Å². The van der Waals surface area contributed by atoms with E-state index in [4.69, 9.17) is 0 Å². The summed E-state index contributed by atoms with van der Waals surface area (Å²) >= 11 is 0. The van der Waals surface area contributed by atoms with Crippen LogP contribution >= 0.6 is 0 Å². The number of hydrogen-bond donors (Lipinski definition) is 4. The molecule has 0 fully saturated rings. The molecule has 5 heteroatoms. The Labute approximate surface area is 312 Å². The van der Waals surface area contributed by atoms with Gasteiger partial charge in [0.15, 0.2) is 0 Å². The predicted molar refractivity (Wildman–Crippen MR) is 218 cm³/mol. The van der Waals surface area contributed by atoms with E-state index in [1.807, 2.05) is 0 Å². The van der Waals surface area contributed by atoms with Gasteiger partial charge in [-0.2, -0.15) is 0 Å². The molecule has 3 unspecified atom stereocenters. The standard InChI is InChI=1S/C45H87NO4/c1-3-5-7-9-11-13-15-17-18-19-20-21-22-23-24-25-26-27-28-30-32-34-36-38-40-44(49)45(50)46-42(41-47)43(48)39-37-35-33-31-29-16-14-12-10-8-6-4-2/h20-21,23-24,42-44,47-49H,3-19,22,25-41H2,1-2H3,(H,46,50)/b21-20-,24-23-. The minimum Gasteiger partial charge on any atom is -0.394 e. The molecule has 4 N–H and O–H groups in total. The van der Waals surface area contributed by atoms with Gasteiger partial charge in [0.1, 0.15) is 6.10 Å². The molecule has 0 saturated carbocycles. The summed E-state index contributed by atoms with van der Waals surface area (Å²) < 4.78 is 0. The lowest BCUT2D eigenvalue weighted by atomic mass is 10.0. The number of amides is 1. The van der Waals surface area contributed by atoms with E-state index in [0.717, 1.165) is 38.5 Å². The molecule has 0 radical (unpaired) electrons. The van der Waals surface area contributed by atoms with Crippen molar-refractivity contribution in [3.05, 3.63) is 24.3 Å². The van der Waals surface area contributed by atoms with Gasteiger partial charge in [0.2, 0.25) is 5.91 Å². The van der Waals surface area contributed by atoms with Gasteiger partial charge in [-0.25, -0.2) is 0 Å². The average molecular weight is 706 g/mol. The summed E-state index contributed by atoms with van der Waals surface area (Å²) in [4.78, 5) is 12.5. The molecule has 0 aromatic rings. The van der Waals surface area contributed by atoms with Crippen LogP contribution in [0.1, 0.15) is 232 Å². The Kier molecular flexibility index (Phi) is 39.6. The zero-order chi connectivity index (χ0) is 36.6. The minimum atomic E-state index is -1.08. The van der Waals surface area contributed by atoms with Crippen LogP contribution in [0.3, 0.4) is 0 Å². The fraction of sp³-hybridized carbons (Fsp3) is 0.889. The summed E-state index contributed by atoms with van der Waals surface area (Å²) in [5.74, 6) is -0.475. The smallest absolute Gasteiger partial charge is 0.249 e. The van der Waals surface area contributed by atoms with E-state index < -0.39 is 24.2 Å². The SMILES string of the molecule is CCCCCCCCCCC/C=C\C/C=C\CCCCCCCCCCC(O)C(=O)NC(CO)C(O)CCCCCCCCCCCCCC. The minimum absolute atomic E-state index is 0.314. The van der Waals surface area contributed by atoms with E-state index in [1.165, 1.54) is 167 Å². The molecular weight excluding hydrogens is 618 g/mol. The van der Waals surface area contributed by atoms with Gasteiger partial charge in [0.25, 0.3) is 0 Å². The van der Waals surface area contributed by atoms with Gasteiger partial charge < -0.3 is 20.6 Å². The van der Waals surface area contributed by atoms with Crippen molar-refractivity contribution in [2.24, 2.45) is 0 Å². The predicted octanol–water partition coefficient (Wildman–Crippen LogP) is 12.6. The molecule has 0 aromatic heterocycles. The molecule has 0 bridgehead atoms. The van der Waals surface area contributed by atoms with Crippen molar-refractivity contribution in [1.82, 2.24) is 5.32 Å². The molecule has 0 aliphatic heterocycles. The molecule has 0 heterocycles. The molecule has 0 aliphatic carbocycles. The molecule has 0 aliphatic rings. The van der Waals surface area contributed by atoms with Crippen LogP contribution in [0.4, 0.5) is 0 Å². The van der Waals surface area contributed by atoms with E-state index >= 15 is 0 Å². The Balaban J connectivity index is 3.61. The summed E-state index contributed by atoms with van der Waals surface area (Å²) in [6.07, 6.45) is 48.9. The Morgan fingerprint density at radius 2 is 0.820 bits per heavy atom. The highest BCUT2D eigenvalue weighted by molar-refractivity contribution is 5.80. The van der Waals surface area contributed by atoms with Gasteiger partial charge in [0.05, 0.1) is 18.8 Å². The second-order valence-electron chi connectivity index (χ2n) is 15.3. The van der Waals surface area contributed by atoms with Crippen LogP contribution in [0.15, 0.2) is 24.3 Å². The van der Waals surface area contributed by atoms with E-state index in [-0.39, 0.29) is 6.61 Å². The Morgan fingerprint density at radius 3 is 1.20 bits per heavy atom. The topological polar surface area (TPSA) is 89.8 Å². The van der Waals surface area contributed by atoms with Crippen molar-refractivity contribution in [2.75, 3.05) is 6.61 Å². The summed E-state index contributed by atoms with van der Waals surface area (Å²) in [5.41, 5.74) is 0. The number of allylic oxidation sites excluding steroid dienone is 4. The number of hydrogen-bond acceptors (Lipinski definition) is 4. The first-order valence-electron chi connectivity index (χ1n) is 22.1. The van der Waals surface area contributed by atoms with E-state index in [1.54, 1.807) is 0 Å². The molecule has 1 amide bonds. The molecule has 296 valence electrons. The number of aliphatic hydroxyl groups is 3. The first-order valence-corrected chi connectivity index (χ1v) is 22.1. The second-order valence-corrected chi connectivity index (χ2v) is 15.3. The third-order valence-corrected chi connectivity index (χ3v) is 10.3. The quantitative estimate of drug-likeness (QED) is 0.0377. The second kappa shape index (κ2) is 40.6. The van der Waals surface area contributed by atoms with Crippen LogP contribution in [0, 0.1) is 0 Å². The highest BCUT2D eigenvalue weighted by Gasteiger charge is 2.23. The van der Waals surface area contributed by atoms with Crippen LogP contribution in [0.5, 0.6) is 0 Å². The zero-order valence-electron chi connectivity index (χ0n) is 33.5. The van der Waals surface area contributed by atoms with E-state index in [9.17, 15) is 20.1 Å². The van der Waals surface area contributed by atoms with Crippen molar-refractivity contribution in [3.8, 4) is 0 Å². The highest BCUT2D eigenvalue weighted by atomic mass is 16.3. The van der Waals surface area contributed by atoms with E-state index in [2.05, 4.69) is 43.5 Å². The molecule has 5 nitrogen and oxygen atoms in total. The Morgan fingerprint density at radius 1 is 0.480 bits per heavy atom. The molecule has 0 saturated heterocycles. The lowest BCUT2D eigenvalue weighted by Gasteiger charge is -2.23. The molecular formula is C45H87NO4. The van der Waals surface area contributed by atoms with Gasteiger partial charge >= 0.3 is 0 Å². The zero-order valence-corrected chi connectivity index (χ0v) is 33.5. The molecule has 50 heavy (non-hydrogen) atoms. The van der Waals surface area contributed by atoms with Gasteiger partial charge in [-0.15, -0.1) is 0 Å². The maximum absolute atomic E-state index is 12.5. The monoisotopic (exact) mass is 706 g/mol. The highest BCUT2D eigenvalue weighted by Crippen LogP contribution is 2.16. The number of rotatable bonds is 40. The number of carbonyl (C=O) groups is 1. The molecule has 0 spiro atoms. The lowest BCUT2D eigenvalue weighted by Crippen LogP contribution is -2.49. The third kappa shape index (κ3) is 35.2. The summed E-state index contributed by atoms with van der Waals surface area (Å²) in [7, 11) is 0. The van der Waals surface area contributed by atoms with Crippen LogP contribution in [-0.4, -0.2) is 46.1 Å². The van der Waals surface area contributed by atoms with Crippen LogP contribution in [0.2, 0.25) is 0 Å². The van der Waals surface area contributed by atoms with Crippen molar-refractivity contribution in [2.45, 2.75) is 250 Å². The van der Waals surface area contributed by atoms with Gasteiger partial charge in [0, 0.05) is 0 Å². The fourth-order valence-corrected chi connectivity index (χ4v) is 6.81. The van der Waals surface area contributed by atoms with Crippen LogP contribution in [-0.2, 0) is 4.79 Å². The molecule has 3 atom stereocenters. The maximum atomic E-state index is 12.5. The van der Waals surface area contributed by atoms with E-state index in [0.29, 0.717) is 12.8 Å². The average Bonchev–Trinajstić information content (AvgIpc) is 3.12. The molecule has 0 aromatic carbocycles.